The molecule has 206 valence electrons. The molecule has 0 spiro atoms. The van der Waals surface area contributed by atoms with Gasteiger partial charge in [0.1, 0.15) is 12.4 Å². The summed E-state index contributed by atoms with van der Waals surface area (Å²) in [5.41, 5.74) is 2.70. The Morgan fingerprint density at radius 3 is 2.16 bits per heavy atom. The number of nitrogens with one attached hydrogen (secondary N) is 2. The van der Waals surface area contributed by atoms with Crippen molar-refractivity contribution in [1.29, 1.82) is 0 Å². The third-order valence-corrected chi connectivity index (χ3v) is 8.64. The summed E-state index contributed by atoms with van der Waals surface area (Å²) < 4.78 is 1.79. The number of aromatic nitrogens is 2. The van der Waals surface area contributed by atoms with Crippen molar-refractivity contribution in [2.24, 2.45) is 23.7 Å². The molecule has 1 heterocycles. The molecule has 6 rings (SSSR count). The van der Waals surface area contributed by atoms with Crippen molar-refractivity contribution < 1.29 is 9.59 Å². The third kappa shape index (κ3) is 5.76. The van der Waals surface area contributed by atoms with Crippen molar-refractivity contribution in [1.82, 2.24) is 20.0 Å². The highest BCUT2D eigenvalue weighted by molar-refractivity contribution is 5.94. The van der Waals surface area contributed by atoms with Crippen LogP contribution in [0, 0.1) is 30.6 Å². The van der Waals surface area contributed by atoms with Gasteiger partial charge in [0.05, 0.1) is 11.4 Å². The molecular formula is C31H45N5O2. The van der Waals surface area contributed by atoms with Gasteiger partial charge < -0.3 is 15.5 Å². The van der Waals surface area contributed by atoms with Crippen LogP contribution < -0.4 is 10.6 Å². The van der Waals surface area contributed by atoms with Crippen molar-refractivity contribution in [2.75, 3.05) is 18.4 Å². The maximum Gasteiger partial charge on any atom is 0.318 e. The van der Waals surface area contributed by atoms with Gasteiger partial charge in [0.25, 0.3) is 0 Å². The molecule has 4 bridgehead atoms. The molecule has 1 aromatic carbocycles. The monoisotopic (exact) mass is 519 g/mol. The summed E-state index contributed by atoms with van der Waals surface area (Å²) in [6, 6.07) is 9.94. The molecule has 4 aliphatic carbocycles. The predicted octanol–water partition coefficient (Wildman–Crippen LogP) is 6.05. The van der Waals surface area contributed by atoms with E-state index in [1.54, 1.807) is 9.58 Å². The summed E-state index contributed by atoms with van der Waals surface area (Å²) in [6.45, 7) is 13.1. The summed E-state index contributed by atoms with van der Waals surface area (Å²) in [5.74, 6) is 2.93. The summed E-state index contributed by atoms with van der Waals surface area (Å²) in [6.07, 6.45) is 7.28. The molecule has 3 amide bonds. The lowest BCUT2D eigenvalue weighted by atomic mass is 9.53. The van der Waals surface area contributed by atoms with Crippen LogP contribution in [0.2, 0.25) is 0 Å². The van der Waals surface area contributed by atoms with Crippen molar-refractivity contribution in [2.45, 2.75) is 91.0 Å². The minimum absolute atomic E-state index is 0.0142. The predicted molar refractivity (Wildman–Crippen MR) is 151 cm³/mol. The lowest BCUT2D eigenvalue weighted by Crippen LogP contribution is -2.62. The van der Waals surface area contributed by atoms with Crippen LogP contribution >= 0.6 is 0 Å². The molecule has 2 N–H and O–H groups in total. The smallest absolute Gasteiger partial charge is 0.318 e. The normalized spacial score (nSPS) is 26.0. The average Bonchev–Trinajstić information content (AvgIpc) is 3.22. The van der Waals surface area contributed by atoms with E-state index in [0.717, 1.165) is 54.0 Å². The average molecular weight is 520 g/mol. The second kappa shape index (κ2) is 10.0. The van der Waals surface area contributed by atoms with Crippen LogP contribution in [0.25, 0.3) is 5.69 Å². The Morgan fingerprint density at radius 2 is 1.63 bits per heavy atom. The van der Waals surface area contributed by atoms with E-state index < -0.39 is 0 Å². The van der Waals surface area contributed by atoms with Gasteiger partial charge in [-0.05, 0) is 81.3 Å². The zero-order chi connectivity index (χ0) is 27.2. The number of rotatable bonds is 7. The van der Waals surface area contributed by atoms with Crippen LogP contribution in [-0.2, 0) is 10.2 Å². The largest absolute Gasteiger partial charge is 0.333 e. The van der Waals surface area contributed by atoms with Gasteiger partial charge in [-0.3, -0.25) is 4.79 Å². The lowest BCUT2D eigenvalue weighted by molar-refractivity contribution is -0.117. The van der Waals surface area contributed by atoms with E-state index in [1.165, 1.54) is 19.3 Å². The highest BCUT2D eigenvalue weighted by Gasteiger charge is 2.51. The van der Waals surface area contributed by atoms with Gasteiger partial charge in [-0.25, -0.2) is 9.48 Å². The molecule has 2 aromatic rings. The van der Waals surface area contributed by atoms with E-state index in [2.05, 4.69) is 45.3 Å². The number of nitrogens with zero attached hydrogens (tertiary/aromatic N) is 3. The molecule has 0 unspecified atom stereocenters. The molecule has 1 aromatic heterocycles. The first-order valence-electron chi connectivity index (χ1n) is 14.4. The Morgan fingerprint density at radius 1 is 1.05 bits per heavy atom. The van der Waals surface area contributed by atoms with Crippen LogP contribution in [0.1, 0.15) is 84.4 Å². The van der Waals surface area contributed by atoms with Crippen LogP contribution in [0.3, 0.4) is 0 Å². The summed E-state index contributed by atoms with van der Waals surface area (Å²) in [4.78, 5) is 28.7. The SMILES string of the molecule is Cc1ccc(-n2nc(C(C)(C)C)cc2NC(=O)CN(CC(C)C)C(=O)NC23CC4CC(CC(C4)C2)C3)cc1. The number of aryl methyl sites for hydroxylation is 1. The van der Waals surface area contributed by atoms with Gasteiger partial charge in [0, 0.05) is 23.6 Å². The molecule has 4 fully saturated rings. The standard InChI is InChI=1S/C31H45N5O2/c1-20(2)18-35(29(38)33-31-15-22-11-23(16-31)13-24(12-22)17-31)19-28(37)32-27-14-26(30(4,5)6)34-36(27)25-9-7-21(3)8-10-25/h7-10,14,20,22-24H,11-13,15-19H2,1-6H3,(H,32,37)(H,33,38). The van der Waals surface area contributed by atoms with Gasteiger partial charge in [-0.2, -0.15) is 5.10 Å². The number of benzene rings is 1. The highest BCUT2D eigenvalue weighted by atomic mass is 16.2. The first-order valence-corrected chi connectivity index (χ1v) is 14.4. The molecule has 0 aliphatic heterocycles. The second-order valence-electron chi connectivity index (χ2n) is 13.9. The van der Waals surface area contributed by atoms with Gasteiger partial charge in [0.15, 0.2) is 0 Å². The Labute approximate surface area is 227 Å². The zero-order valence-electron chi connectivity index (χ0n) is 24.0. The second-order valence-corrected chi connectivity index (χ2v) is 13.9. The van der Waals surface area contributed by atoms with Gasteiger partial charge >= 0.3 is 6.03 Å². The Balaban J connectivity index is 1.32. The van der Waals surface area contributed by atoms with E-state index >= 15 is 0 Å². The van der Waals surface area contributed by atoms with E-state index in [9.17, 15) is 9.59 Å². The van der Waals surface area contributed by atoms with Crippen LogP contribution in [0.5, 0.6) is 0 Å². The lowest BCUT2D eigenvalue weighted by Gasteiger charge is -2.57. The Bertz CT molecular complexity index is 1140. The number of urea groups is 1. The van der Waals surface area contributed by atoms with Crippen LogP contribution in [-0.4, -0.2) is 45.2 Å². The Hall–Kier alpha value is -2.83. The zero-order valence-corrected chi connectivity index (χ0v) is 24.0. The topological polar surface area (TPSA) is 79.3 Å². The number of anilines is 1. The molecule has 7 nitrogen and oxygen atoms in total. The fraction of sp³-hybridized carbons (Fsp3) is 0.645. The molecule has 0 saturated heterocycles. The van der Waals surface area contributed by atoms with E-state index in [-0.39, 0.29) is 35.4 Å². The maximum atomic E-state index is 13.6. The van der Waals surface area contributed by atoms with Gasteiger partial charge in [0.2, 0.25) is 5.91 Å². The number of hydrogen-bond acceptors (Lipinski definition) is 3. The van der Waals surface area contributed by atoms with Crippen LogP contribution in [0.4, 0.5) is 10.6 Å². The first kappa shape index (κ1) is 26.8. The fourth-order valence-corrected chi connectivity index (χ4v) is 7.30. The molecule has 4 saturated carbocycles. The van der Waals surface area contributed by atoms with Gasteiger partial charge in [-0.15, -0.1) is 0 Å². The summed E-state index contributed by atoms with van der Waals surface area (Å²) >= 11 is 0. The quantitative estimate of drug-likeness (QED) is 0.467. The number of carbonyl (C=O) groups is 2. The summed E-state index contributed by atoms with van der Waals surface area (Å²) in [5, 5.41) is 11.4. The minimum atomic E-state index is -0.208. The number of amides is 3. The van der Waals surface area contributed by atoms with Crippen molar-refractivity contribution in [3.8, 4) is 5.69 Å². The third-order valence-electron chi connectivity index (χ3n) is 8.64. The fourth-order valence-electron chi connectivity index (χ4n) is 7.30. The molecule has 0 atom stereocenters. The first-order chi connectivity index (χ1) is 17.9. The van der Waals surface area contributed by atoms with Crippen LogP contribution in [0.15, 0.2) is 30.3 Å². The maximum absolute atomic E-state index is 13.6. The molecule has 7 heteroatoms. The number of hydrogen-bond donors (Lipinski definition) is 2. The van der Waals surface area contributed by atoms with E-state index in [4.69, 9.17) is 5.10 Å². The summed E-state index contributed by atoms with van der Waals surface area (Å²) in [7, 11) is 0. The molecule has 4 aliphatic rings. The molecule has 38 heavy (non-hydrogen) atoms. The minimum Gasteiger partial charge on any atom is -0.333 e. The van der Waals surface area contributed by atoms with E-state index in [1.807, 2.05) is 37.3 Å². The van der Waals surface area contributed by atoms with E-state index in [0.29, 0.717) is 12.4 Å². The van der Waals surface area contributed by atoms with Gasteiger partial charge in [-0.1, -0.05) is 52.3 Å². The number of carbonyl (C=O) groups excluding carboxylic acids is 2. The van der Waals surface area contributed by atoms with Crippen molar-refractivity contribution >= 4 is 17.8 Å². The molecule has 0 radical (unpaired) electrons. The Kier molecular flexibility index (Phi) is 7.08. The molecular weight excluding hydrogens is 474 g/mol. The van der Waals surface area contributed by atoms with Crippen molar-refractivity contribution in [3.63, 3.8) is 0 Å². The van der Waals surface area contributed by atoms with Crippen molar-refractivity contribution in [3.05, 3.63) is 41.6 Å². The highest BCUT2D eigenvalue weighted by Crippen LogP contribution is 2.55.